The van der Waals surface area contributed by atoms with Gasteiger partial charge in [-0.25, -0.2) is 4.39 Å². The Balaban J connectivity index is 2.21. The Morgan fingerprint density at radius 3 is 2.81 bits per heavy atom. The predicted molar refractivity (Wildman–Crippen MR) is 91.7 cm³/mol. The molecular formula is C17H27FN2S. The minimum Gasteiger partial charge on any atom is -0.368 e. The highest BCUT2D eigenvalue weighted by Crippen LogP contribution is 2.34. The Morgan fingerprint density at radius 1 is 1.33 bits per heavy atom. The summed E-state index contributed by atoms with van der Waals surface area (Å²) in [5.41, 5.74) is 1.86. The molecule has 21 heavy (non-hydrogen) atoms. The van der Waals surface area contributed by atoms with Crippen LogP contribution in [0.5, 0.6) is 0 Å². The minimum atomic E-state index is -0.0947. The van der Waals surface area contributed by atoms with Crippen molar-refractivity contribution < 1.29 is 4.39 Å². The molecule has 0 amide bonds. The van der Waals surface area contributed by atoms with Gasteiger partial charge in [0.05, 0.1) is 5.69 Å². The van der Waals surface area contributed by atoms with E-state index in [9.17, 15) is 4.39 Å². The van der Waals surface area contributed by atoms with E-state index in [0.717, 1.165) is 43.1 Å². The second-order valence-electron chi connectivity index (χ2n) is 6.63. The van der Waals surface area contributed by atoms with Gasteiger partial charge in [-0.05, 0) is 18.1 Å². The highest BCUT2D eigenvalue weighted by molar-refractivity contribution is 8.00. The molecule has 1 aliphatic heterocycles. The van der Waals surface area contributed by atoms with Gasteiger partial charge in [0, 0.05) is 36.2 Å². The number of anilines is 1. The zero-order valence-electron chi connectivity index (χ0n) is 13.6. The second kappa shape index (κ2) is 7.01. The molecule has 2 nitrogen and oxygen atoms in total. The summed E-state index contributed by atoms with van der Waals surface area (Å²) < 4.78 is 14.7. The van der Waals surface area contributed by atoms with E-state index in [-0.39, 0.29) is 10.6 Å². The van der Waals surface area contributed by atoms with Crippen molar-refractivity contribution in [2.24, 2.45) is 0 Å². The van der Waals surface area contributed by atoms with Crippen molar-refractivity contribution in [3.63, 3.8) is 0 Å². The molecule has 0 bridgehead atoms. The van der Waals surface area contributed by atoms with Gasteiger partial charge in [-0.1, -0.05) is 39.8 Å². The third-order valence-corrected chi connectivity index (χ3v) is 5.30. The Morgan fingerprint density at radius 2 is 2.10 bits per heavy atom. The molecule has 1 aromatic carbocycles. The van der Waals surface area contributed by atoms with Crippen LogP contribution in [0.1, 0.15) is 39.7 Å². The smallest absolute Gasteiger partial charge is 0.146 e. The number of nitrogens with zero attached hydrogens (tertiary/aromatic N) is 1. The molecule has 0 atom stereocenters. The molecule has 0 spiro atoms. The largest absolute Gasteiger partial charge is 0.368 e. The maximum Gasteiger partial charge on any atom is 0.146 e. The topological polar surface area (TPSA) is 15.3 Å². The van der Waals surface area contributed by atoms with Crippen LogP contribution >= 0.6 is 11.8 Å². The van der Waals surface area contributed by atoms with Crippen LogP contribution in [0, 0.1) is 5.82 Å². The van der Waals surface area contributed by atoms with Crippen LogP contribution < -0.4 is 10.2 Å². The maximum absolute atomic E-state index is 14.4. The lowest BCUT2D eigenvalue weighted by Crippen LogP contribution is -2.30. The molecule has 0 unspecified atom stereocenters. The number of rotatable bonds is 4. The van der Waals surface area contributed by atoms with Crippen LogP contribution in [0.4, 0.5) is 10.1 Å². The van der Waals surface area contributed by atoms with Gasteiger partial charge >= 0.3 is 0 Å². The molecule has 2 rings (SSSR count). The Labute approximate surface area is 132 Å². The van der Waals surface area contributed by atoms with Gasteiger partial charge in [-0.15, -0.1) is 0 Å². The quantitative estimate of drug-likeness (QED) is 0.903. The van der Waals surface area contributed by atoms with Crippen LogP contribution in [0.25, 0.3) is 0 Å². The van der Waals surface area contributed by atoms with Gasteiger partial charge in [0.1, 0.15) is 5.82 Å². The summed E-state index contributed by atoms with van der Waals surface area (Å²) in [7, 11) is 0. The summed E-state index contributed by atoms with van der Waals surface area (Å²) in [4.78, 5) is 2.23. The molecule has 1 N–H and O–H groups in total. The number of thioether (sulfide) groups is 1. The highest BCUT2D eigenvalue weighted by atomic mass is 32.2. The molecule has 1 fully saturated rings. The molecule has 0 aromatic heterocycles. The fourth-order valence-electron chi connectivity index (χ4n) is 2.61. The summed E-state index contributed by atoms with van der Waals surface area (Å²) in [5, 5.41) is 3.40. The molecule has 4 heteroatoms. The van der Waals surface area contributed by atoms with Crippen molar-refractivity contribution in [1.82, 2.24) is 5.32 Å². The van der Waals surface area contributed by atoms with Gasteiger partial charge in [0.25, 0.3) is 0 Å². The molecule has 1 saturated heterocycles. The monoisotopic (exact) mass is 310 g/mol. The normalized spacial score (nSPS) is 18.9. The van der Waals surface area contributed by atoms with Crippen LogP contribution in [-0.4, -0.2) is 29.6 Å². The number of hydrogen-bond acceptors (Lipinski definition) is 3. The Hall–Kier alpha value is -0.740. The van der Waals surface area contributed by atoms with Crippen molar-refractivity contribution in [2.45, 2.75) is 51.4 Å². The Kier molecular flexibility index (Phi) is 5.55. The SMILES string of the molecule is CC(C)NCc1cccc(F)c1N1CCSC(C)(C)CC1. The summed E-state index contributed by atoms with van der Waals surface area (Å²) in [6.07, 6.45) is 1.09. The van der Waals surface area contributed by atoms with E-state index in [1.807, 2.05) is 23.9 Å². The Bertz CT molecular complexity index is 474. The molecular weight excluding hydrogens is 283 g/mol. The van der Waals surface area contributed by atoms with E-state index < -0.39 is 0 Å². The molecule has 1 aromatic rings. The van der Waals surface area contributed by atoms with E-state index in [1.165, 1.54) is 0 Å². The van der Waals surface area contributed by atoms with Crippen LogP contribution in [-0.2, 0) is 6.54 Å². The maximum atomic E-state index is 14.4. The first kappa shape index (κ1) is 16.6. The number of nitrogens with one attached hydrogen (secondary N) is 1. The average molecular weight is 310 g/mol. The van der Waals surface area contributed by atoms with Gasteiger partial charge in [0.2, 0.25) is 0 Å². The lowest BCUT2D eigenvalue weighted by Gasteiger charge is -2.27. The van der Waals surface area contributed by atoms with Crippen LogP contribution in [0.15, 0.2) is 18.2 Å². The minimum absolute atomic E-state index is 0.0947. The molecule has 0 saturated carbocycles. The predicted octanol–water partition coefficient (Wildman–Crippen LogP) is 4.05. The van der Waals surface area contributed by atoms with Gasteiger partial charge in [-0.3, -0.25) is 0 Å². The van der Waals surface area contributed by atoms with Crippen LogP contribution in [0.2, 0.25) is 0 Å². The first-order chi connectivity index (χ1) is 9.89. The third-order valence-electron chi connectivity index (χ3n) is 3.93. The van der Waals surface area contributed by atoms with Gasteiger partial charge < -0.3 is 10.2 Å². The van der Waals surface area contributed by atoms with Crippen molar-refractivity contribution in [2.75, 3.05) is 23.7 Å². The second-order valence-corrected chi connectivity index (χ2v) is 8.43. The molecule has 1 aliphatic rings. The third kappa shape index (κ3) is 4.62. The molecule has 118 valence electrons. The van der Waals surface area contributed by atoms with Crippen molar-refractivity contribution >= 4 is 17.4 Å². The number of para-hydroxylation sites is 1. The highest BCUT2D eigenvalue weighted by Gasteiger charge is 2.26. The number of benzene rings is 1. The summed E-state index contributed by atoms with van der Waals surface area (Å²) in [5.74, 6) is 0.959. The summed E-state index contributed by atoms with van der Waals surface area (Å²) in [6.45, 7) is 11.4. The van der Waals surface area contributed by atoms with E-state index in [0.29, 0.717) is 6.04 Å². The molecule has 1 heterocycles. The number of hydrogen-bond donors (Lipinski definition) is 1. The average Bonchev–Trinajstić information content (AvgIpc) is 2.57. The zero-order chi connectivity index (χ0) is 15.5. The van der Waals surface area contributed by atoms with Crippen molar-refractivity contribution in [3.05, 3.63) is 29.6 Å². The first-order valence-corrected chi connectivity index (χ1v) is 8.77. The van der Waals surface area contributed by atoms with Crippen molar-refractivity contribution in [3.8, 4) is 0 Å². The van der Waals surface area contributed by atoms with E-state index in [2.05, 4.69) is 37.9 Å². The lowest BCUT2D eigenvalue weighted by atomic mass is 10.1. The lowest BCUT2D eigenvalue weighted by molar-refractivity contribution is 0.573. The van der Waals surface area contributed by atoms with Gasteiger partial charge in [0.15, 0.2) is 0 Å². The fraction of sp³-hybridized carbons (Fsp3) is 0.647. The molecule has 0 radical (unpaired) electrons. The number of halogens is 1. The van der Waals surface area contributed by atoms with E-state index in [1.54, 1.807) is 6.07 Å². The summed E-state index contributed by atoms with van der Waals surface area (Å²) >= 11 is 1.99. The van der Waals surface area contributed by atoms with Crippen LogP contribution in [0.3, 0.4) is 0 Å². The van der Waals surface area contributed by atoms with Crippen molar-refractivity contribution in [1.29, 1.82) is 0 Å². The first-order valence-electron chi connectivity index (χ1n) is 7.79. The standard InChI is InChI=1S/C17H27FN2S/c1-13(2)19-12-14-6-5-7-15(18)16(14)20-9-8-17(3,4)21-11-10-20/h5-7,13,19H,8-12H2,1-4H3. The summed E-state index contributed by atoms with van der Waals surface area (Å²) in [6, 6.07) is 5.83. The molecule has 0 aliphatic carbocycles. The zero-order valence-corrected chi connectivity index (χ0v) is 14.4. The van der Waals surface area contributed by atoms with E-state index in [4.69, 9.17) is 0 Å². The van der Waals surface area contributed by atoms with Gasteiger partial charge in [-0.2, -0.15) is 11.8 Å². The van der Waals surface area contributed by atoms with E-state index >= 15 is 0 Å². The fourth-order valence-corrected chi connectivity index (χ4v) is 3.71.